The van der Waals surface area contributed by atoms with Crippen LogP contribution in [0.25, 0.3) is 0 Å². The van der Waals surface area contributed by atoms with Crippen LogP contribution in [0.5, 0.6) is 11.5 Å². The molecular weight excluding hydrogens is 254 g/mol. The highest BCUT2D eigenvalue weighted by atomic mass is 16.5. The predicted molar refractivity (Wildman–Crippen MR) is 75.9 cm³/mol. The predicted octanol–water partition coefficient (Wildman–Crippen LogP) is 3.12. The van der Waals surface area contributed by atoms with E-state index in [1.54, 1.807) is 13.4 Å². The molecule has 2 aromatic rings. The van der Waals surface area contributed by atoms with E-state index in [0.717, 1.165) is 29.4 Å². The fraction of sp³-hybridized carbons (Fsp3) is 0.375. The number of furan rings is 1. The lowest BCUT2D eigenvalue weighted by Crippen LogP contribution is -2.14. The van der Waals surface area contributed by atoms with E-state index in [9.17, 15) is 0 Å². The summed E-state index contributed by atoms with van der Waals surface area (Å²) in [6.07, 6.45) is 4.37. The molecule has 1 aromatic carbocycles. The van der Waals surface area contributed by atoms with E-state index >= 15 is 0 Å². The summed E-state index contributed by atoms with van der Waals surface area (Å²) in [7, 11) is 1.64. The monoisotopic (exact) mass is 273 g/mol. The van der Waals surface area contributed by atoms with Gasteiger partial charge in [0, 0.05) is 18.2 Å². The second-order valence-electron chi connectivity index (χ2n) is 5.02. The minimum absolute atomic E-state index is 0.407. The van der Waals surface area contributed by atoms with Crippen molar-refractivity contribution in [3.8, 4) is 11.5 Å². The van der Waals surface area contributed by atoms with Crippen molar-refractivity contribution in [2.75, 3.05) is 7.11 Å². The fourth-order valence-corrected chi connectivity index (χ4v) is 2.03. The van der Waals surface area contributed by atoms with Crippen LogP contribution in [-0.2, 0) is 13.2 Å². The van der Waals surface area contributed by atoms with E-state index in [1.807, 2.05) is 30.3 Å². The van der Waals surface area contributed by atoms with E-state index < -0.39 is 0 Å². The number of hydrogen-bond acceptors (Lipinski definition) is 4. The van der Waals surface area contributed by atoms with Crippen molar-refractivity contribution in [3.63, 3.8) is 0 Å². The summed E-state index contributed by atoms with van der Waals surface area (Å²) in [5, 5.41) is 3.46. The lowest BCUT2D eigenvalue weighted by atomic mass is 10.3. The summed E-state index contributed by atoms with van der Waals surface area (Å²) >= 11 is 0. The molecule has 1 N–H and O–H groups in total. The normalized spacial score (nSPS) is 14.2. The summed E-state index contributed by atoms with van der Waals surface area (Å²) < 4.78 is 16.5. The Bertz CT molecular complexity index is 560. The summed E-state index contributed by atoms with van der Waals surface area (Å²) in [5.41, 5.74) is 1.16. The standard InChI is InChI=1S/C16H19NO3/c1-18-15-4-2-3-5-16(15)20-11-14-8-12(10-19-14)9-17-13-6-7-13/h2-5,8,10,13,17H,6-7,9,11H2,1H3. The van der Waals surface area contributed by atoms with Gasteiger partial charge < -0.3 is 19.2 Å². The number of benzene rings is 1. The van der Waals surface area contributed by atoms with Crippen LogP contribution >= 0.6 is 0 Å². The van der Waals surface area contributed by atoms with Gasteiger partial charge in [-0.3, -0.25) is 0 Å². The number of rotatable bonds is 7. The van der Waals surface area contributed by atoms with Gasteiger partial charge in [-0.1, -0.05) is 12.1 Å². The van der Waals surface area contributed by atoms with Gasteiger partial charge in [-0.2, -0.15) is 0 Å². The minimum atomic E-state index is 0.407. The van der Waals surface area contributed by atoms with Crippen molar-refractivity contribution in [3.05, 3.63) is 47.9 Å². The molecule has 0 bridgehead atoms. The zero-order valence-corrected chi connectivity index (χ0v) is 11.6. The first-order valence-electron chi connectivity index (χ1n) is 6.90. The molecule has 0 atom stereocenters. The number of hydrogen-bond donors (Lipinski definition) is 1. The van der Waals surface area contributed by atoms with Gasteiger partial charge in [0.05, 0.1) is 13.4 Å². The molecule has 0 saturated heterocycles. The van der Waals surface area contributed by atoms with Gasteiger partial charge in [-0.15, -0.1) is 0 Å². The van der Waals surface area contributed by atoms with Crippen molar-refractivity contribution < 1.29 is 13.9 Å². The molecule has 106 valence electrons. The zero-order valence-electron chi connectivity index (χ0n) is 11.6. The third-order valence-electron chi connectivity index (χ3n) is 3.32. The Morgan fingerprint density at radius 2 is 2.05 bits per heavy atom. The van der Waals surface area contributed by atoms with E-state index in [2.05, 4.69) is 5.32 Å². The van der Waals surface area contributed by atoms with Crippen LogP contribution in [0.1, 0.15) is 24.2 Å². The van der Waals surface area contributed by atoms with Gasteiger partial charge in [0.15, 0.2) is 11.5 Å². The minimum Gasteiger partial charge on any atom is -0.493 e. The molecule has 0 amide bonds. The average molecular weight is 273 g/mol. The number of ether oxygens (including phenoxy) is 2. The van der Waals surface area contributed by atoms with E-state index in [4.69, 9.17) is 13.9 Å². The first kappa shape index (κ1) is 13.1. The molecule has 1 heterocycles. The Morgan fingerprint density at radius 3 is 2.80 bits per heavy atom. The molecule has 3 rings (SSSR count). The average Bonchev–Trinajstić information content (AvgIpc) is 3.21. The molecule has 1 aliphatic carbocycles. The van der Waals surface area contributed by atoms with E-state index in [1.165, 1.54) is 12.8 Å². The highest BCUT2D eigenvalue weighted by molar-refractivity contribution is 5.39. The van der Waals surface area contributed by atoms with E-state index in [-0.39, 0.29) is 0 Å². The SMILES string of the molecule is COc1ccccc1OCc1cc(CNC2CC2)co1. The molecule has 1 aliphatic rings. The van der Waals surface area contributed by atoms with Crippen molar-refractivity contribution in [1.82, 2.24) is 5.32 Å². The van der Waals surface area contributed by atoms with Gasteiger partial charge in [0.1, 0.15) is 12.4 Å². The molecule has 0 unspecified atom stereocenters. The van der Waals surface area contributed by atoms with Gasteiger partial charge in [0.2, 0.25) is 0 Å². The lowest BCUT2D eigenvalue weighted by molar-refractivity contribution is 0.256. The van der Waals surface area contributed by atoms with Crippen molar-refractivity contribution >= 4 is 0 Å². The van der Waals surface area contributed by atoms with Crippen LogP contribution in [0.15, 0.2) is 41.0 Å². The Labute approximate surface area is 118 Å². The molecular formula is C16H19NO3. The first-order valence-corrected chi connectivity index (χ1v) is 6.90. The van der Waals surface area contributed by atoms with Crippen LogP contribution in [0, 0.1) is 0 Å². The molecule has 1 saturated carbocycles. The third kappa shape index (κ3) is 3.33. The molecule has 4 nitrogen and oxygen atoms in total. The number of methoxy groups -OCH3 is 1. The zero-order chi connectivity index (χ0) is 13.8. The number of nitrogens with one attached hydrogen (secondary N) is 1. The summed E-state index contributed by atoms with van der Waals surface area (Å²) in [5.74, 6) is 2.28. The van der Waals surface area contributed by atoms with Gasteiger partial charge in [-0.25, -0.2) is 0 Å². The maximum Gasteiger partial charge on any atom is 0.161 e. The van der Waals surface area contributed by atoms with Gasteiger partial charge in [-0.05, 0) is 31.0 Å². The Morgan fingerprint density at radius 1 is 1.25 bits per heavy atom. The van der Waals surface area contributed by atoms with Crippen LogP contribution in [-0.4, -0.2) is 13.2 Å². The maximum atomic E-state index is 5.73. The van der Waals surface area contributed by atoms with Crippen LogP contribution < -0.4 is 14.8 Å². The highest BCUT2D eigenvalue weighted by Gasteiger charge is 2.20. The van der Waals surface area contributed by atoms with Crippen molar-refractivity contribution in [2.45, 2.75) is 32.0 Å². The van der Waals surface area contributed by atoms with Crippen LogP contribution in [0.2, 0.25) is 0 Å². The molecule has 1 fully saturated rings. The van der Waals surface area contributed by atoms with Crippen LogP contribution in [0.4, 0.5) is 0 Å². The van der Waals surface area contributed by atoms with Crippen LogP contribution in [0.3, 0.4) is 0 Å². The molecule has 1 aromatic heterocycles. The molecule has 20 heavy (non-hydrogen) atoms. The quantitative estimate of drug-likeness (QED) is 0.841. The van der Waals surface area contributed by atoms with E-state index in [0.29, 0.717) is 12.6 Å². The second-order valence-corrected chi connectivity index (χ2v) is 5.02. The van der Waals surface area contributed by atoms with Crippen molar-refractivity contribution in [2.24, 2.45) is 0 Å². The molecule has 0 spiro atoms. The summed E-state index contributed by atoms with van der Waals surface area (Å²) in [6, 6.07) is 10.3. The summed E-state index contributed by atoms with van der Waals surface area (Å²) in [4.78, 5) is 0. The Balaban J connectivity index is 1.54. The maximum absolute atomic E-state index is 5.73. The van der Waals surface area contributed by atoms with Crippen molar-refractivity contribution in [1.29, 1.82) is 0 Å². The largest absolute Gasteiger partial charge is 0.493 e. The third-order valence-corrected chi connectivity index (χ3v) is 3.32. The summed E-state index contributed by atoms with van der Waals surface area (Å²) in [6.45, 7) is 1.27. The first-order chi connectivity index (χ1) is 9.85. The fourth-order valence-electron chi connectivity index (χ4n) is 2.03. The Kier molecular flexibility index (Phi) is 3.92. The topological polar surface area (TPSA) is 43.6 Å². The van der Waals surface area contributed by atoms with Gasteiger partial charge >= 0.3 is 0 Å². The highest BCUT2D eigenvalue weighted by Crippen LogP contribution is 2.27. The molecule has 0 radical (unpaired) electrons. The Hall–Kier alpha value is -1.94. The second kappa shape index (κ2) is 6.01. The smallest absolute Gasteiger partial charge is 0.161 e. The molecule has 4 heteroatoms. The van der Waals surface area contributed by atoms with Gasteiger partial charge in [0.25, 0.3) is 0 Å². The lowest BCUT2D eigenvalue weighted by Gasteiger charge is -2.08. The molecule has 0 aliphatic heterocycles. The number of para-hydroxylation sites is 2.